The molecule has 1 aliphatic rings. The van der Waals surface area contributed by atoms with Crippen LogP contribution >= 0.6 is 22.9 Å². The number of amides is 1. The number of anilines is 1. The number of hydrogen-bond acceptors (Lipinski definition) is 5. The molecule has 1 unspecified atom stereocenters. The number of nitrogens with one attached hydrogen (secondary N) is 1. The van der Waals surface area contributed by atoms with Crippen molar-refractivity contribution in [3.8, 4) is 5.75 Å². The average molecular weight is 457 g/mol. The van der Waals surface area contributed by atoms with E-state index in [2.05, 4.69) is 10.3 Å². The first kappa shape index (κ1) is 20.9. The Kier molecular flexibility index (Phi) is 5.37. The van der Waals surface area contributed by atoms with Crippen LogP contribution < -0.4 is 5.32 Å². The van der Waals surface area contributed by atoms with Gasteiger partial charge in [-0.1, -0.05) is 22.9 Å². The molecule has 0 bridgehead atoms. The summed E-state index contributed by atoms with van der Waals surface area (Å²) < 4.78 is 46.0. The molecule has 158 valence electrons. The summed E-state index contributed by atoms with van der Waals surface area (Å²) in [6.07, 6.45) is -3.63. The van der Waals surface area contributed by atoms with E-state index >= 15 is 0 Å². The molecule has 1 saturated heterocycles. The van der Waals surface area contributed by atoms with Crippen molar-refractivity contribution in [1.82, 2.24) is 4.98 Å². The molecule has 3 aromatic rings. The number of aromatic nitrogens is 1. The molecule has 10 heteroatoms. The van der Waals surface area contributed by atoms with E-state index in [0.717, 1.165) is 29.9 Å². The Balaban J connectivity index is 1.74. The third-order valence-corrected chi connectivity index (χ3v) is 5.99. The van der Waals surface area contributed by atoms with Crippen LogP contribution in [0.4, 0.5) is 18.3 Å². The van der Waals surface area contributed by atoms with Crippen molar-refractivity contribution in [2.45, 2.75) is 32.0 Å². The highest BCUT2D eigenvalue weighted by molar-refractivity contribution is 7.22. The normalized spacial score (nSPS) is 16.9. The van der Waals surface area contributed by atoms with E-state index in [1.54, 1.807) is 6.92 Å². The van der Waals surface area contributed by atoms with Gasteiger partial charge in [0.05, 0.1) is 27.4 Å². The van der Waals surface area contributed by atoms with Crippen molar-refractivity contribution in [3.05, 3.63) is 51.5 Å². The van der Waals surface area contributed by atoms with E-state index in [0.29, 0.717) is 29.7 Å². The molecule has 0 radical (unpaired) electrons. The molecule has 2 heterocycles. The Morgan fingerprint density at radius 3 is 2.77 bits per heavy atom. The largest absolute Gasteiger partial charge is 0.507 e. The second-order valence-electron chi connectivity index (χ2n) is 7.00. The fraction of sp³-hybridized carbons (Fsp3) is 0.300. The molecule has 2 aromatic carbocycles. The number of rotatable bonds is 3. The minimum Gasteiger partial charge on any atom is -0.507 e. The quantitative estimate of drug-likeness (QED) is 0.500. The van der Waals surface area contributed by atoms with Gasteiger partial charge < -0.3 is 9.84 Å². The minimum absolute atomic E-state index is 0.0467. The molecule has 0 aliphatic carbocycles. The number of nitrogens with zero attached hydrogens (tertiary/aromatic N) is 1. The number of phenols is 1. The maximum atomic E-state index is 13.4. The van der Waals surface area contributed by atoms with Gasteiger partial charge in [-0.2, -0.15) is 13.2 Å². The van der Waals surface area contributed by atoms with Crippen molar-refractivity contribution in [3.63, 3.8) is 0 Å². The van der Waals surface area contributed by atoms with Crippen LogP contribution in [0.5, 0.6) is 5.75 Å². The van der Waals surface area contributed by atoms with Gasteiger partial charge in [0.2, 0.25) is 0 Å². The number of alkyl halides is 3. The number of halogens is 4. The second-order valence-corrected chi connectivity index (χ2v) is 8.47. The first-order valence-electron chi connectivity index (χ1n) is 9.07. The molecule has 1 amide bonds. The third kappa shape index (κ3) is 3.97. The maximum absolute atomic E-state index is 13.4. The summed E-state index contributed by atoms with van der Waals surface area (Å²) in [6.45, 7) is 2.08. The third-order valence-electron chi connectivity index (χ3n) is 4.86. The van der Waals surface area contributed by atoms with E-state index in [1.165, 1.54) is 12.1 Å². The van der Waals surface area contributed by atoms with E-state index < -0.39 is 23.8 Å². The van der Waals surface area contributed by atoms with Crippen molar-refractivity contribution >= 4 is 44.2 Å². The maximum Gasteiger partial charge on any atom is 0.416 e. The number of fused-ring (bicyclic) bond motifs is 1. The predicted molar refractivity (Wildman–Crippen MR) is 108 cm³/mol. The first-order valence-corrected chi connectivity index (χ1v) is 10.3. The minimum atomic E-state index is -4.51. The number of aromatic hydroxyl groups is 1. The Bertz CT molecular complexity index is 1140. The van der Waals surface area contributed by atoms with Crippen LogP contribution in [-0.2, 0) is 10.9 Å². The van der Waals surface area contributed by atoms with Crippen molar-refractivity contribution in [2.75, 3.05) is 11.9 Å². The summed E-state index contributed by atoms with van der Waals surface area (Å²) in [6, 6.07) is 4.90. The van der Waals surface area contributed by atoms with E-state index in [1.807, 2.05) is 0 Å². The SMILES string of the molecule is Cc1cc(Cl)cc(C(=O)Nc2nc3c(C4CCCO4)cc(C(F)(F)F)cc3s2)c1O. The molecule has 1 fully saturated rings. The van der Waals surface area contributed by atoms with Gasteiger partial charge in [0.15, 0.2) is 5.13 Å². The number of hydrogen-bond donors (Lipinski definition) is 2. The molecular formula is C20H16ClF3N2O3S. The zero-order valence-electron chi connectivity index (χ0n) is 15.6. The number of ether oxygens (including phenoxy) is 1. The van der Waals surface area contributed by atoms with Crippen LogP contribution in [0.1, 0.15) is 46.0 Å². The average Bonchev–Trinajstić information content (AvgIpc) is 3.32. The highest BCUT2D eigenvalue weighted by Gasteiger charge is 2.34. The lowest BCUT2D eigenvalue weighted by Gasteiger charge is -2.14. The smallest absolute Gasteiger partial charge is 0.416 e. The zero-order valence-corrected chi connectivity index (χ0v) is 17.2. The van der Waals surface area contributed by atoms with Crippen LogP contribution in [0, 0.1) is 6.92 Å². The van der Waals surface area contributed by atoms with Gasteiger partial charge in [-0.25, -0.2) is 4.98 Å². The number of carbonyl (C=O) groups is 1. The van der Waals surface area contributed by atoms with Crippen molar-refractivity contribution < 1.29 is 27.8 Å². The molecule has 4 rings (SSSR count). The highest BCUT2D eigenvalue weighted by Crippen LogP contribution is 2.41. The second kappa shape index (κ2) is 7.72. The zero-order chi connectivity index (χ0) is 21.6. The summed E-state index contributed by atoms with van der Waals surface area (Å²) in [5.74, 6) is -0.885. The van der Waals surface area contributed by atoms with Crippen LogP contribution in [0.25, 0.3) is 10.2 Å². The Hall–Kier alpha value is -2.36. The highest BCUT2D eigenvalue weighted by atomic mass is 35.5. The van der Waals surface area contributed by atoms with Crippen molar-refractivity contribution in [2.24, 2.45) is 0 Å². The van der Waals surface area contributed by atoms with Gasteiger partial charge >= 0.3 is 6.18 Å². The van der Waals surface area contributed by atoms with Gasteiger partial charge in [-0.3, -0.25) is 10.1 Å². The van der Waals surface area contributed by atoms with Crippen LogP contribution in [0.15, 0.2) is 24.3 Å². The van der Waals surface area contributed by atoms with Gasteiger partial charge in [0.25, 0.3) is 5.91 Å². The number of phenolic OH excluding ortho intramolecular Hbond substituents is 1. The summed E-state index contributed by atoms with van der Waals surface area (Å²) >= 11 is 6.89. The fourth-order valence-corrected chi connectivity index (χ4v) is 4.62. The van der Waals surface area contributed by atoms with Crippen molar-refractivity contribution in [1.29, 1.82) is 0 Å². The van der Waals surface area contributed by atoms with Crippen LogP contribution in [0.2, 0.25) is 5.02 Å². The summed E-state index contributed by atoms with van der Waals surface area (Å²) in [5.41, 5.74) is 0.310. The molecule has 30 heavy (non-hydrogen) atoms. The lowest BCUT2D eigenvalue weighted by atomic mass is 10.0. The summed E-state index contributed by atoms with van der Waals surface area (Å²) in [4.78, 5) is 17.0. The molecule has 0 spiro atoms. The standard InChI is InChI=1S/C20H16ClF3N2O3S/c1-9-5-11(21)8-13(17(9)27)18(28)26-19-25-16-12(14-3-2-4-29-14)6-10(20(22,23)24)7-15(16)30-19/h5-8,14,27H,2-4H2,1H3,(H,25,26,28). The number of carbonyl (C=O) groups excluding carboxylic acids is 1. The first-order chi connectivity index (χ1) is 14.1. The fourth-order valence-electron chi connectivity index (χ4n) is 3.41. The molecule has 1 aromatic heterocycles. The predicted octanol–water partition coefficient (Wildman–Crippen LogP) is 6.09. The molecule has 2 N–H and O–H groups in total. The number of benzene rings is 2. The van der Waals surface area contributed by atoms with Crippen LogP contribution in [0.3, 0.4) is 0 Å². The summed E-state index contributed by atoms with van der Waals surface area (Å²) in [5, 5.41) is 13.1. The molecule has 1 atom stereocenters. The van der Waals surface area contributed by atoms with Gasteiger partial charge in [0, 0.05) is 17.2 Å². The Morgan fingerprint density at radius 1 is 1.33 bits per heavy atom. The summed E-state index contributed by atoms with van der Waals surface area (Å²) in [7, 11) is 0. The van der Waals surface area contributed by atoms with Crippen LogP contribution in [-0.4, -0.2) is 22.6 Å². The lowest BCUT2D eigenvalue weighted by molar-refractivity contribution is -0.137. The number of aryl methyl sites for hydroxylation is 1. The Labute approximate surface area is 178 Å². The van der Waals surface area contributed by atoms with E-state index in [-0.39, 0.29) is 26.2 Å². The van der Waals surface area contributed by atoms with Gasteiger partial charge in [0.1, 0.15) is 5.75 Å². The van der Waals surface area contributed by atoms with Gasteiger partial charge in [-0.15, -0.1) is 0 Å². The van der Waals surface area contributed by atoms with E-state index in [4.69, 9.17) is 16.3 Å². The topological polar surface area (TPSA) is 71.5 Å². The van der Waals surface area contributed by atoms with Gasteiger partial charge in [-0.05, 0) is 49.6 Å². The molecule has 5 nitrogen and oxygen atoms in total. The monoisotopic (exact) mass is 456 g/mol. The molecule has 1 aliphatic heterocycles. The Morgan fingerprint density at radius 2 is 2.10 bits per heavy atom. The number of thiazole rings is 1. The lowest BCUT2D eigenvalue weighted by Crippen LogP contribution is -2.12. The molecule has 0 saturated carbocycles. The van der Waals surface area contributed by atoms with E-state index in [9.17, 15) is 23.1 Å². The molecular weight excluding hydrogens is 441 g/mol.